The fourth-order valence-electron chi connectivity index (χ4n) is 1.69. The number of benzene rings is 1. The third kappa shape index (κ3) is 2.14. The van der Waals surface area contributed by atoms with Gasteiger partial charge in [0, 0.05) is 6.07 Å². The fraction of sp³-hybridized carbons (Fsp3) is 0.222. The summed E-state index contributed by atoms with van der Waals surface area (Å²) in [5.74, 6) is -2.26. The zero-order valence-electron chi connectivity index (χ0n) is 9.16. The number of rotatable bonds is 1. The molecule has 0 saturated carbocycles. The molecule has 2 rings (SSSR count). The molecule has 0 aliphatic rings. The number of imidazole rings is 1. The summed E-state index contributed by atoms with van der Waals surface area (Å²) in [6.45, 7) is 0. The third-order valence-electron chi connectivity index (χ3n) is 2.36. The second kappa shape index (κ2) is 4.08. The Bertz CT molecular complexity index is 687. The highest BCUT2D eigenvalue weighted by molar-refractivity contribution is 5.85. The minimum Gasteiger partial charge on any atom is -0.258 e. The Morgan fingerprint density at radius 2 is 1.75 bits per heavy atom. The normalized spacial score (nSPS) is 12.9. The number of hydrogen-bond acceptors (Lipinski definition) is 3. The van der Waals surface area contributed by atoms with E-state index in [1.807, 2.05) is 0 Å². The van der Waals surface area contributed by atoms with Crippen LogP contribution in [-0.2, 0) is 12.5 Å². The summed E-state index contributed by atoms with van der Waals surface area (Å²) < 4.78 is 75.0. The summed E-state index contributed by atoms with van der Waals surface area (Å²) in [5, 5.41) is 10.7. The van der Waals surface area contributed by atoms with Crippen LogP contribution in [0.25, 0.3) is 11.0 Å². The maximum absolute atomic E-state index is 12.8. The lowest BCUT2D eigenvalue weighted by molar-refractivity contribution is -0.383. The predicted molar refractivity (Wildman–Crippen MR) is 52.7 cm³/mol. The van der Waals surface area contributed by atoms with Gasteiger partial charge in [-0.05, 0) is 6.07 Å². The number of fused-ring (bicyclic) bond motifs is 1. The predicted octanol–water partition coefficient (Wildman–Crippen LogP) is 3.44. The molecule has 1 aromatic carbocycles. The SMILES string of the molecule is O=[N+]([O-])c1cccc2nc(C(F)(F)F)n(C(F)(F)F)c12. The van der Waals surface area contributed by atoms with E-state index >= 15 is 0 Å². The van der Waals surface area contributed by atoms with Gasteiger partial charge in [-0.1, -0.05) is 6.07 Å². The minimum absolute atomic E-state index is 0.673. The summed E-state index contributed by atoms with van der Waals surface area (Å²) in [6, 6.07) is 2.46. The largest absolute Gasteiger partial charge is 0.490 e. The van der Waals surface area contributed by atoms with Crippen molar-refractivity contribution in [2.24, 2.45) is 0 Å². The van der Waals surface area contributed by atoms with E-state index in [4.69, 9.17) is 0 Å². The molecule has 5 nitrogen and oxygen atoms in total. The summed E-state index contributed by atoms with van der Waals surface area (Å²) in [7, 11) is 0. The molecule has 1 aromatic heterocycles. The van der Waals surface area contributed by atoms with Crippen LogP contribution in [0.1, 0.15) is 5.82 Å². The Hall–Kier alpha value is -2.33. The molecule has 11 heteroatoms. The van der Waals surface area contributed by atoms with Crippen molar-refractivity contribution in [3.8, 4) is 0 Å². The van der Waals surface area contributed by atoms with Gasteiger partial charge in [-0.15, -0.1) is 13.2 Å². The van der Waals surface area contributed by atoms with Gasteiger partial charge < -0.3 is 0 Å². The van der Waals surface area contributed by atoms with Crippen LogP contribution in [0.4, 0.5) is 32.0 Å². The van der Waals surface area contributed by atoms with Crippen molar-refractivity contribution in [1.29, 1.82) is 0 Å². The average Bonchev–Trinajstić information content (AvgIpc) is 2.66. The first-order chi connectivity index (χ1) is 9.03. The first-order valence-electron chi connectivity index (χ1n) is 4.83. The van der Waals surface area contributed by atoms with E-state index in [1.54, 1.807) is 0 Å². The Morgan fingerprint density at radius 1 is 1.15 bits per heavy atom. The Morgan fingerprint density at radius 3 is 2.20 bits per heavy atom. The summed E-state index contributed by atoms with van der Waals surface area (Å²) in [6.07, 6.45) is -10.9. The van der Waals surface area contributed by atoms with E-state index in [2.05, 4.69) is 4.98 Å². The molecule has 0 spiro atoms. The number of alkyl halides is 6. The van der Waals surface area contributed by atoms with Crippen molar-refractivity contribution >= 4 is 16.7 Å². The Labute approximate surface area is 105 Å². The zero-order chi connectivity index (χ0) is 15.3. The number of para-hydroxylation sites is 1. The number of nitrogens with zero attached hydrogens (tertiary/aromatic N) is 3. The van der Waals surface area contributed by atoms with Gasteiger partial charge >= 0.3 is 12.5 Å². The van der Waals surface area contributed by atoms with Crippen LogP contribution in [0.3, 0.4) is 0 Å². The topological polar surface area (TPSA) is 61.0 Å². The third-order valence-corrected chi connectivity index (χ3v) is 2.36. The lowest BCUT2D eigenvalue weighted by Gasteiger charge is -2.13. The molecule has 2 aromatic rings. The van der Waals surface area contributed by atoms with Gasteiger partial charge in [0.1, 0.15) is 0 Å². The van der Waals surface area contributed by atoms with Crippen LogP contribution in [0.2, 0.25) is 0 Å². The van der Waals surface area contributed by atoms with E-state index in [0.29, 0.717) is 6.07 Å². The van der Waals surface area contributed by atoms with Crippen molar-refractivity contribution in [1.82, 2.24) is 9.55 Å². The molecule has 0 N–H and O–H groups in total. The molecule has 0 atom stereocenters. The van der Waals surface area contributed by atoms with Gasteiger partial charge in [-0.2, -0.15) is 13.2 Å². The molecule has 108 valence electrons. The summed E-state index contributed by atoms with van der Waals surface area (Å²) >= 11 is 0. The van der Waals surface area contributed by atoms with E-state index in [1.165, 1.54) is 0 Å². The number of halogens is 6. The summed E-state index contributed by atoms with van der Waals surface area (Å²) in [5.41, 5.74) is -3.11. The van der Waals surface area contributed by atoms with Crippen molar-refractivity contribution in [3.05, 3.63) is 34.1 Å². The van der Waals surface area contributed by atoms with E-state index in [-0.39, 0.29) is 0 Å². The van der Waals surface area contributed by atoms with Crippen LogP contribution in [-0.4, -0.2) is 14.5 Å². The number of non-ortho nitro benzene ring substituents is 1. The van der Waals surface area contributed by atoms with Gasteiger partial charge in [0.2, 0.25) is 5.82 Å². The molecule has 0 fully saturated rings. The van der Waals surface area contributed by atoms with Crippen molar-refractivity contribution < 1.29 is 31.3 Å². The molecular formula is C9H3F6N3O2. The Kier molecular flexibility index (Phi) is 2.87. The number of nitro benzene ring substituents is 1. The quantitative estimate of drug-likeness (QED) is 0.460. The van der Waals surface area contributed by atoms with Crippen LogP contribution < -0.4 is 0 Å². The highest BCUT2D eigenvalue weighted by Gasteiger charge is 2.47. The second-order valence-electron chi connectivity index (χ2n) is 3.64. The maximum Gasteiger partial charge on any atom is 0.490 e. The highest BCUT2D eigenvalue weighted by atomic mass is 19.4. The van der Waals surface area contributed by atoms with Crippen LogP contribution in [0.5, 0.6) is 0 Å². The molecular weight excluding hydrogens is 296 g/mol. The van der Waals surface area contributed by atoms with Gasteiger partial charge in [-0.3, -0.25) is 10.1 Å². The molecule has 0 radical (unpaired) electrons. The van der Waals surface area contributed by atoms with E-state index in [9.17, 15) is 36.5 Å². The molecule has 0 unspecified atom stereocenters. The smallest absolute Gasteiger partial charge is 0.258 e. The first kappa shape index (κ1) is 14.1. The molecule has 0 aliphatic heterocycles. The minimum atomic E-state index is -5.49. The molecule has 0 bridgehead atoms. The highest BCUT2D eigenvalue weighted by Crippen LogP contribution is 2.40. The van der Waals surface area contributed by atoms with Crippen LogP contribution >= 0.6 is 0 Å². The van der Waals surface area contributed by atoms with E-state index in [0.717, 1.165) is 12.1 Å². The number of aromatic nitrogens is 2. The zero-order valence-corrected chi connectivity index (χ0v) is 9.16. The van der Waals surface area contributed by atoms with E-state index < -0.39 is 44.5 Å². The van der Waals surface area contributed by atoms with Gasteiger partial charge in [0.15, 0.2) is 5.52 Å². The molecule has 0 amide bonds. The first-order valence-corrected chi connectivity index (χ1v) is 4.83. The molecule has 20 heavy (non-hydrogen) atoms. The standard InChI is InChI=1S/C9H3F6N3O2/c10-8(11,12)7-16-4-2-1-3-5(18(19)20)6(4)17(7)9(13,14)15/h1-3H. The Balaban J connectivity index is 2.98. The van der Waals surface area contributed by atoms with Crippen molar-refractivity contribution in [2.75, 3.05) is 0 Å². The number of hydrogen-bond donors (Lipinski definition) is 0. The van der Waals surface area contributed by atoms with Gasteiger partial charge in [0.05, 0.1) is 10.4 Å². The lowest BCUT2D eigenvalue weighted by Crippen LogP contribution is -2.24. The lowest BCUT2D eigenvalue weighted by atomic mass is 10.2. The molecule has 1 heterocycles. The molecule has 0 saturated heterocycles. The van der Waals surface area contributed by atoms with Crippen LogP contribution in [0, 0.1) is 10.1 Å². The number of nitro groups is 1. The molecule has 0 aliphatic carbocycles. The average molecular weight is 299 g/mol. The van der Waals surface area contributed by atoms with Crippen molar-refractivity contribution in [3.63, 3.8) is 0 Å². The van der Waals surface area contributed by atoms with Gasteiger partial charge in [0.25, 0.3) is 5.69 Å². The van der Waals surface area contributed by atoms with Gasteiger partial charge in [-0.25, -0.2) is 9.55 Å². The fourth-order valence-corrected chi connectivity index (χ4v) is 1.69. The summed E-state index contributed by atoms with van der Waals surface area (Å²) in [4.78, 5) is 12.3. The maximum atomic E-state index is 12.8. The monoisotopic (exact) mass is 299 g/mol. The van der Waals surface area contributed by atoms with Crippen molar-refractivity contribution in [2.45, 2.75) is 12.5 Å². The second-order valence-corrected chi connectivity index (χ2v) is 3.64. The van der Waals surface area contributed by atoms with Crippen LogP contribution in [0.15, 0.2) is 18.2 Å².